The summed E-state index contributed by atoms with van der Waals surface area (Å²) in [5, 5.41) is 0. The zero-order valence-corrected chi connectivity index (χ0v) is 24.1. The number of aromatic nitrogens is 6. The first-order valence-electron chi connectivity index (χ1n) is 13.6. The Bertz CT molecular complexity index is 1520. The molecule has 0 spiro atoms. The van der Waals surface area contributed by atoms with Crippen LogP contribution in [0.15, 0.2) is 42.9 Å². The minimum absolute atomic E-state index is 0.403. The summed E-state index contributed by atoms with van der Waals surface area (Å²) >= 11 is 0. The Morgan fingerprint density at radius 2 is 1.79 bits per heavy atom. The molecule has 0 amide bonds. The van der Waals surface area contributed by atoms with Crippen molar-refractivity contribution in [3.8, 4) is 23.1 Å². The van der Waals surface area contributed by atoms with Gasteiger partial charge in [0.05, 0.1) is 25.2 Å². The minimum atomic E-state index is -1.17. The molecular formula is C29H35N7O2Si. The van der Waals surface area contributed by atoms with E-state index in [1.165, 1.54) is 0 Å². The third-order valence-corrected chi connectivity index (χ3v) is 9.14. The van der Waals surface area contributed by atoms with Crippen LogP contribution in [0.3, 0.4) is 0 Å². The Labute approximate surface area is 230 Å². The summed E-state index contributed by atoms with van der Waals surface area (Å²) in [6, 6.07) is 11.3. The molecule has 6 rings (SSSR count). The van der Waals surface area contributed by atoms with Crippen LogP contribution < -0.4 is 4.90 Å². The van der Waals surface area contributed by atoms with Crippen LogP contribution in [0.5, 0.6) is 0 Å². The fraction of sp³-hybridized carbons (Fsp3) is 0.448. The smallest absolute Gasteiger partial charge is 0.209 e. The first-order chi connectivity index (χ1) is 18.8. The van der Waals surface area contributed by atoms with Crippen LogP contribution in [-0.2, 0) is 23.3 Å². The van der Waals surface area contributed by atoms with E-state index in [1.54, 1.807) is 6.33 Å². The molecule has 2 fully saturated rings. The van der Waals surface area contributed by atoms with Crippen molar-refractivity contribution >= 4 is 25.1 Å². The number of rotatable bonds is 7. The highest BCUT2D eigenvalue weighted by Crippen LogP contribution is 2.34. The van der Waals surface area contributed by atoms with Crippen molar-refractivity contribution in [1.29, 1.82) is 0 Å². The molecule has 0 bridgehead atoms. The van der Waals surface area contributed by atoms with E-state index in [0.29, 0.717) is 30.2 Å². The summed E-state index contributed by atoms with van der Waals surface area (Å²) < 4.78 is 15.6. The molecule has 3 aromatic heterocycles. The van der Waals surface area contributed by atoms with E-state index in [-0.39, 0.29) is 0 Å². The number of aryl methyl sites for hydroxylation is 1. The Hall–Kier alpha value is -3.52. The molecule has 5 heterocycles. The topological polar surface area (TPSA) is 83.1 Å². The normalized spacial score (nSPS) is 18.9. The predicted molar refractivity (Wildman–Crippen MR) is 154 cm³/mol. The number of fused-ring (bicyclic) bond motifs is 2. The van der Waals surface area contributed by atoms with Gasteiger partial charge in [-0.15, -0.1) is 0 Å². The lowest BCUT2D eigenvalue weighted by Crippen LogP contribution is -2.24. The number of ether oxygens (including phenoxy) is 2. The van der Waals surface area contributed by atoms with Crippen LogP contribution in [0.1, 0.15) is 11.6 Å². The molecule has 1 aromatic carbocycles. The van der Waals surface area contributed by atoms with Gasteiger partial charge in [0.25, 0.3) is 0 Å². The second-order valence-corrected chi connectivity index (χ2v) is 17.4. The number of benzene rings is 1. The molecule has 0 saturated carbocycles. The minimum Gasteiger partial charge on any atom is -0.381 e. The van der Waals surface area contributed by atoms with Crippen molar-refractivity contribution in [2.45, 2.75) is 32.4 Å². The lowest BCUT2D eigenvalue weighted by atomic mass is 10.0. The summed E-state index contributed by atoms with van der Waals surface area (Å²) in [5.41, 5.74) is 3.50. The molecule has 0 N–H and O–H groups in total. The Morgan fingerprint density at radius 1 is 1.03 bits per heavy atom. The van der Waals surface area contributed by atoms with Gasteiger partial charge in [-0.1, -0.05) is 50.0 Å². The monoisotopic (exact) mass is 541 g/mol. The summed E-state index contributed by atoms with van der Waals surface area (Å²) in [4.78, 5) is 21.4. The number of hydrogen-bond acceptors (Lipinski definition) is 7. The molecule has 10 heteroatoms. The van der Waals surface area contributed by atoms with Gasteiger partial charge >= 0.3 is 0 Å². The van der Waals surface area contributed by atoms with Crippen LogP contribution in [-0.4, -0.2) is 70.1 Å². The molecule has 0 radical (unpaired) electrons. The third kappa shape index (κ3) is 5.61. The molecule has 4 aromatic rings. The van der Waals surface area contributed by atoms with Gasteiger partial charge < -0.3 is 18.9 Å². The molecule has 2 saturated heterocycles. The van der Waals surface area contributed by atoms with Gasteiger partial charge in [0.1, 0.15) is 6.73 Å². The zero-order valence-electron chi connectivity index (χ0n) is 23.1. The maximum atomic E-state index is 6.05. The molecular weight excluding hydrogens is 506 g/mol. The standard InChI is InChI=1S/C29H35N7O2Si/c1-34-19-30-27-28(34)32-25(33-29(27)35-14-22-17-38-18-23(22)15-35)10-11-26-31-24(21-8-6-5-7-9-21)16-36(26)20-37-12-13-39(2,3)4/h5-9,16,19,22-23H,12-15,17-18,20H2,1-4H3/t22-,23+. The van der Waals surface area contributed by atoms with E-state index in [2.05, 4.69) is 53.5 Å². The Balaban J connectivity index is 1.32. The predicted octanol–water partition coefficient (Wildman–Crippen LogP) is 4.02. The summed E-state index contributed by atoms with van der Waals surface area (Å²) in [5.74, 6) is 9.48. The quantitative estimate of drug-likeness (QED) is 0.199. The van der Waals surface area contributed by atoms with Gasteiger partial charge in [0.15, 0.2) is 22.8 Å². The van der Waals surface area contributed by atoms with Crippen molar-refractivity contribution in [3.05, 3.63) is 54.5 Å². The maximum absolute atomic E-state index is 6.05. The van der Waals surface area contributed by atoms with Crippen molar-refractivity contribution in [2.24, 2.45) is 18.9 Å². The number of imidazole rings is 2. The second kappa shape index (κ2) is 10.6. The van der Waals surface area contributed by atoms with Gasteiger partial charge in [-0.2, -0.15) is 0 Å². The van der Waals surface area contributed by atoms with E-state index >= 15 is 0 Å². The second-order valence-electron chi connectivity index (χ2n) is 11.7. The van der Waals surface area contributed by atoms with Gasteiger partial charge in [-0.05, 0) is 17.9 Å². The molecule has 2 atom stereocenters. The molecule has 2 aliphatic heterocycles. The fourth-order valence-corrected chi connectivity index (χ4v) is 5.90. The summed E-state index contributed by atoms with van der Waals surface area (Å²) in [6.45, 7) is 11.7. The third-order valence-electron chi connectivity index (χ3n) is 7.44. The van der Waals surface area contributed by atoms with E-state index in [4.69, 9.17) is 24.4 Å². The van der Waals surface area contributed by atoms with Crippen LogP contribution in [0, 0.1) is 23.7 Å². The highest BCUT2D eigenvalue weighted by molar-refractivity contribution is 6.76. The highest BCUT2D eigenvalue weighted by Gasteiger charge is 2.38. The first-order valence-corrected chi connectivity index (χ1v) is 17.3. The molecule has 0 unspecified atom stereocenters. The van der Waals surface area contributed by atoms with Crippen molar-refractivity contribution in [2.75, 3.05) is 37.8 Å². The van der Waals surface area contributed by atoms with Crippen LogP contribution in [0.4, 0.5) is 5.82 Å². The van der Waals surface area contributed by atoms with E-state index in [1.807, 2.05) is 40.6 Å². The summed E-state index contributed by atoms with van der Waals surface area (Å²) in [7, 11) is 0.777. The van der Waals surface area contributed by atoms with Crippen molar-refractivity contribution in [1.82, 2.24) is 29.1 Å². The lowest BCUT2D eigenvalue weighted by molar-refractivity contribution is 0.0866. The first kappa shape index (κ1) is 25.7. The average Bonchev–Trinajstić information content (AvgIpc) is 3.69. The molecule has 39 heavy (non-hydrogen) atoms. The van der Waals surface area contributed by atoms with Gasteiger partial charge in [0.2, 0.25) is 5.82 Å². The van der Waals surface area contributed by atoms with E-state index < -0.39 is 8.07 Å². The summed E-state index contributed by atoms with van der Waals surface area (Å²) in [6.07, 6.45) is 3.80. The lowest BCUT2D eigenvalue weighted by Gasteiger charge is -2.18. The van der Waals surface area contributed by atoms with Crippen LogP contribution in [0.25, 0.3) is 22.4 Å². The van der Waals surface area contributed by atoms with E-state index in [0.717, 1.165) is 67.2 Å². The van der Waals surface area contributed by atoms with Crippen LogP contribution >= 0.6 is 0 Å². The SMILES string of the molecule is Cn1cnc2c(N3C[C@H]4COC[C@H]4C3)nc(C#Cc3nc(-c4ccccc4)cn3COCC[Si](C)(C)C)nc21. The molecule has 9 nitrogen and oxygen atoms in total. The molecule has 202 valence electrons. The van der Waals surface area contributed by atoms with Crippen molar-refractivity contribution in [3.63, 3.8) is 0 Å². The van der Waals surface area contributed by atoms with Crippen LogP contribution in [0.2, 0.25) is 25.7 Å². The van der Waals surface area contributed by atoms with E-state index in [9.17, 15) is 0 Å². The van der Waals surface area contributed by atoms with Gasteiger partial charge in [-0.3, -0.25) is 4.57 Å². The zero-order chi connectivity index (χ0) is 27.0. The molecule has 0 aliphatic carbocycles. The largest absolute Gasteiger partial charge is 0.381 e. The van der Waals surface area contributed by atoms with Gasteiger partial charge in [0, 0.05) is 58.4 Å². The highest BCUT2D eigenvalue weighted by atomic mass is 28.3. The average molecular weight is 542 g/mol. The van der Waals surface area contributed by atoms with Crippen molar-refractivity contribution < 1.29 is 9.47 Å². The Kier molecular flexibility index (Phi) is 6.97. The fourth-order valence-electron chi connectivity index (χ4n) is 5.14. The van der Waals surface area contributed by atoms with Gasteiger partial charge in [-0.25, -0.2) is 19.9 Å². The number of anilines is 1. The number of nitrogens with zero attached hydrogens (tertiary/aromatic N) is 7. The maximum Gasteiger partial charge on any atom is 0.209 e. The molecule has 2 aliphatic rings. The Morgan fingerprint density at radius 3 is 2.54 bits per heavy atom. The number of hydrogen-bond donors (Lipinski definition) is 0.